The number of carbonyl (C=O) groups is 1. The summed E-state index contributed by atoms with van der Waals surface area (Å²) in [6.07, 6.45) is 0. The van der Waals surface area contributed by atoms with Crippen LogP contribution < -0.4 is 4.74 Å². The molecule has 0 spiro atoms. The highest BCUT2D eigenvalue weighted by Gasteiger charge is 2.19. The van der Waals surface area contributed by atoms with E-state index in [4.69, 9.17) is 16.3 Å². The highest BCUT2D eigenvalue weighted by Crippen LogP contribution is 2.25. The second-order valence-corrected chi connectivity index (χ2v) is 5.71. The highest BCUT2D eigenvalue weighted by molar-refractivity contribution is 7.09. The molecule has 2 rings (SSSR count). The molecule has 106 valence electrons. The normalized spacial score (nSPS) is 10.3. The van der Waals surface area contributed by atoms with E-state index in [0.717, 1.165) is 4.88 Å². The molecule has 0 aliphatic carbocycles. The number of amides is 1. The Labute approximate surface area is 127 Å². The number of carbonyl (C=O) groups excluding carboxylic acids is 1. The highest BCUT2D eigenvalue weighted by atomic mass is 35.5. The minimum absolute atomic E-state index is 0.0692. The maximum Gasteiger partial charge on any atom is 0.257 e. The topological polar surface area (TPSA) is 29.5 Å². The lowest BCUT2D eigenvalue weighted by Crippen LogP contribution is -2.30. The molecule has 0 saturated carbocycles. The molecule has 0 unspecified atom stereocenters. The lowest BCUT2D eigenvalue weighted by atomic mass is 10.1. The number of benzene rings is 1. The van der Waals surface area contributed by atoms with Crippen molar-refractivity contribution < 1.29 is 9.53 Å². The van der Waals surface area contributed by atoms with Gasteiger partial charge in [0.1, 0.15) is 5.75 Å². The molecule has 20 heavy (non-hydrogen) atoms. The van der Waals surface area contributed by atoms with E-state index in [-0.39, 0.29) is 5.91 Å². The summed E-state index contributed by atoms with van der Waals surface area (Å²) in [5.74, 6) is 0.476. The van der Waals surface area contributed by atoms with E-state index in [0.29, 0.717) is 29.4 Å². The van der Waals surface area contributed by atoms with Crippen LogP contribution in [-0.2, 0) is 6.54 Å². The quantitative estimate of drug-likeness (QED) is 0.833. The van der Waals surface area contributed by atoms with Gasteiger partial charge >= 0.3 is 0 Å². The predicted octanol–water partition coefficient (Wildman–Crippen LogP) is 4.07. The molecule has 0 bridgehead atoms. The van der Waals surface area contributed by atoms with Crippen molar-refractivity contribution in [3.8, 4) is 5.75 Å². The Morgan fingerprint density at radius 1 is 1.40 bits per heavy atom. The van der Waals surface area contributed by atoms with E-state index >= 15 is 0 Å². The lowest BCUT2D eigenvalue weighted by molar-refractivity contribution is 0.0751. The van der Waals surface area contributed by atoms with Crippen LogP contribution in [0.2, 0.25) is 5.02 Å². The molecule has 3 nitrogen and oxygen atoms in total. The van der Waals surface area contributed by atoms with E-state index in [2.05, 4.69) is 0 Å². The molecule has 0 aliphatic rings. The zero-order valence-electron chi connectivity index (χ0n) is 11.4. The summed E-state index contributed by atoms with van der Waals surface area (Å²) >= 11 is 7.63. The van der Waals surface area contributed by atoms with E-state index in [1.807, 2.05) is 24.4 Å². The number of halogens is 1. The van der Waals surface area contributed by atoms with Crippen molar-refractivity contribution in [2.75, 3.05) is 13.7 Å². The lowest BCUT2D eigenvalue weighted by Gasteiger charge is -2.21. The number of hydrogen-bond donors (Lipinski definition) is 0. The molecule has 0 fully saturated rings. The predicted molar refractivity (Wildman–Crippen MR) is 82.7 cm³/mol. The molecular formula is C15H16ClNO2S. The minimum Gasteiger partial charge on any atom is -0.496 e. The van der Waals surface area contributed by atoms with Crippen molar-refractivity contribution in [3.63, 3.8) is 0 Å². The fourth-order valence-corrected chi connectivity index (χ4v) is 2.83. The minimum atomic E-state index is -0.0692. The Morgan fingerprint density at radius 2 is 2.20 bits per heavy atom. The van der Waals surface area contributed by atoms with Gasteiger partial charge in [-0.25, -0.2) is 0 Å². The van der Waals surface area contributed by atoms with Crippen molar-refractivity contribution in [1.29, 1.82) is 0 Å². The first kappa shape index (κ1) is 14.9. The molecule has 0 atom stereocenters. The fourth-order valence-electron chi connectivity index (χ4n) is 1.94. The summed E-state index contributed by atoms with van der Waals surface area (Å²) in [4.78, 5) is 15.6. The van der Waals surface area contributed by atoms with Crippen LogP contribution in [0, 0.1) is 0 Å². The van der Waals surface area contributed by atoms with Gasteiger partial charge in [-0.15, -0.1) is 11.3 Å². The van der Waals surface area contributed by atoms with Crippen molar-refractivity contribution in [1.82, 2.24) is 4.90 Å². The van der Waals surface area contributed by atoms with Gasteiger partial charge in [0.2, 0.25) is 0 Å². The standard InChI is InChI=1S/C15H16ClNO2S/c1-3-17(10-12-5-4-8-20-12)15(18)13-9-11(16)6-7-14(13)19-2/h4-9H,3,10H2,1-2H3. The zero-order valence-corrected chi connectivity index (χ0v) is 13.0. The summed E-state index contributed by atoms with van der Waals surface area (Å²) in [6, 6.07) is 9.09. The van der Waals surface area contributed by atoms with Crippen molar-refractivity contribution in [2.45, 2.75) is 13.5 Å². The second kappa shape index (κ2) is 6.77. The van der Waals surface area contributed by atoms with Crippen LogP contribution in [0.3, 0.4) is 0 Å². The maximum atomic E-state index is 12.6. The largest absolute Gasteiger partial charge is 0.496 e. The Balaban J connectivity index is 2.26. The molecule has 1 amide bonds. The van der Waals surface area contributed by atoms with E-state index < -0.39 is 0 Å². The van der Waals surface area contributed by atoms with Gasteiger partial charge < -0.3 is 9.64 Å². The number of rotatable bonds is 5. The summed E-state index contributed by atoms with van der Waals surface area (Å²) in [6.45, 7) is 3.19. The smallest absolute Gasteiger partial charge is 0.257 e. The number of ether oxygens (including phenoxy) is 1. The van der Waals surface area contributed by atoms with Crippen LogP contribution in [0.4, 0.5) is 0 Å². The summed E-state index contributed by atoms with van der Waals surface area (Å²) in [5, 5.41) is 2.54. The molecule has 0 N–H and O–H groups in total. The molecule has 1 aromatic carbocycles. The Morgan fingerprint density at radius 3 is 2.80 bits per heavy atom. The molecule has 1 aromatic heterocycles. The van der Waals surface area contributed by atoms with Crippen LogP contribution in [0.1, 0.15) is 22.2 Å². The SMILES string of the molecule is CCN(Cc1cccs1)C(=O)c1cc(Cl)ccc1OC. The average molecular weight is 310 g/mol. The van der Waals surface area contributed by atoms with Gasteiger partial charge in [0.25, 0.3) is 5.91 Å². The third kappa shape index (κ3) is 3.32. The number of hydrogen-bond acceptors (Lipinski definition) is 3. The fraction of sp³-hybridized carbons (Fsp3) is 0.267. The third-order valence-corrected chi connectivity index (χ3v) is 4.08. The first-order valence-corrected chi connectivity index (χ1v) is 7.56. The monoisotopic (exact) mass is 309 g/mol. The average Bonchev–Trinajstić information content (AvgIpc) is 2.97. The third-order valence-electron chi connectivity index (χ3n) is 2.99. The van der Waals surface area contributed by atoms with Crippen LogP contribution in [-0.4, -0.2) is 24.5 Å². The van der Waals surface area contributed by atoms with Crippen LogP contribution in [0.5, 0.6) is 5.75 Å². The summed E-state index contributed by atoms with van der Waals surface area (Å²) < 4.78 is 5.25. The van der Waals surface area contributed by atoms with Gasteiger partial charge in [0, 0.05) is 16.4 Å². The molecule has 2 aromatic rings. The number of methoxy groups -OCH3 is 1. The van der Waals surface area contributed by atoms with Gasteiger partial charge in [-0.1, -0.05) is 17.7 Å². The molecule has 1 heterocycles. The van der Waals surface area contributed by atoms with E-state index in [1.165, 1.54) is 0 Å². The van der Waals surface area contributed by atoms with Gasteiger partial charge in [-0.3, -0.25) is 4.79 Å². The summed E-state index contributed by atoms with van der Waals surface area (Å²) in [5.41, 5.74) is 0.499. The van der Waals surface area contributed by atoms with Crippen molar-refractivity contribution in [3.05, 3.63) is 51.2 Å². The summed E-state index contributed by atoms with van der Waals surface area (Å²) in [7, 11) is 1.55. The van der Waals surface area contributed by atoms with Gasteiger partial charge in [-0.2, -0.15) is 0 Å². The first-order chi connectivity index (χ1) is 9.65. The molecule has 0 saturated heterocycles. The van der Waals surface area contributed by atoms with Crippen molar-refractivity contribution >= 4 is 28.8 Å². The number of nitrogens with zero attached hydrogens (tertiary/aromatic N) is 1. The maximum absolute atomic E-state index is 12.6. The van der Waals surface area contributed by atoms with E-state index in [9.17, 15) is 4.79 Å². The first-order valence-electron chi connectivity index (χ1n) is 6.31. The molecule has 0 radical (unpaired) electrons. The Kier molecular flexibility index (Phi) is 5.04. The second-order valence-electron chi connectivity index (χ2n) is 4.24. The molecule has 0 aliphatic heterocycles. The Bertz CT molecular complexity index is 584. The molecule has 5 heteroatoms. The van der Waals surface area contributed by atoms with Crippen LogP contribution in [0.15, 0.2) is 35.7 Å². The van der Waals surface area contributed by atoms with Gasteiger partial charge in [-0.05, 0) is 36.6 Å². The van der Waals surface area contributed by atoms with Crippen LogP contribution in [0.25, 0.3) is 0 Å². The molecular weight excluding hydrogens is 294 g/mol. The zero-order chi connectivity index (χ0) is 14.5. The van der Waals surface area contributed by atoms with Crippen molar-refractivity contribution in [2.24, 2.45) is 0 Å². The van der Waals surface area contributed by atoms with Gasteiger partial charge in [0.15, 0.2) is 0 Å². The van der Waals surface area contributed by atoms with Crippen LogP contribution >= 0.6 is 22.9 Å². The Hall–Kier alpha value is -1.52. The number of thiophene rings is 1. The van der Waals surface area contributed by atoms with E-state index in [1.54, 1.807) is 41.5 Å². The van der Waals surface area contributed by atoms with Gasteiger partial charge in [0.05, 0.1) is 19.2 Å².